The van der Waals surface area contributed by atoms with Gasteiger partial charge in [-0.2, -0.15) is 5.10 Å². The lowest BCUT2D eigenvalue weighted by Crippen LogP contribution is -2.08. The van der Waals surface area contributed by atoms with E-state index in [1.165, 1.54) is 5.56 Å². The molecule has 0 amide bonds. The second-order valence-electron chi connectivity index (χ2n) is 4.91. The molecule has 0 atom stereocenters. The molecule has 5 heteroatoms. The van der Waals surface area contributed by atoms with Crippen LogP contribution in [0.3, 0.4) is 0 Å². The fourth-order valence-corrected chi connectivity index (χ4v) is 2.63. The molecule has 1 heterocycles. The summed E-state index contributed by atoms with van der Waals surface area (Å²) in [5.74, 6) is 0.895. The molecule has 2 N–H and O–H groups in total. The number of hydrogen-bond acceptors (Lipinski definition) is 3. The Bertz CT molecular complexity index is 607. The lowest BCUT2D eigenvalue weighted by Gasteiger charge is -2.12. The second-order valence-corrected chi connectivity index (χ2v) is 5.70. The van der Waals surface area contributed by atoms with Gasteiger partial charge in [0, 0.05) is 7.05 Å². The molecule has 0 spiro atoms. The Kier molecular flexibility index (Phi) is 4.83. The van der Waals surface area contributed by atoms with Crippen molar-refractivity contribution in [1.29, 1.82) is 0 Å². The molecule has 4 nitrogen and oxygen atoms in total. The first-order valence-electron chi connectivity index (χ1n) is 6.63. The van der Waals surface area contributed by atoms with Crippen molar-refractivity contribution in [2.45, 2.75) is 26.9 Å². The largest absolute Gasteiger partial charge is 0.487 e. The molecule has 0 radical (unpaired) electrons. The number of nitrogens with two attached hydrogens (primary N) is 1. The number of benzene rings is 1. The first-order chi connectivity index (χ1) is 9.52. The third kappa shape index (κ3) is 3.22. The predicted molar refractivity (Wildman–Crippen MR) is 83.9 cm³/mol. The summed E-state index contributed by atoms with van der Waals surface area (Å²) in [6.07, 6.45) is 0.822. The van der Waals surface area contributed by atoms with Crippen molar-refractivity contribution in [3.63, 3.8) is 0 Å². The van der Waals surface area contributed by atoms with Crippen molar-refractivity contribution < 1.29 is 4.74 Å². The molecule has 0 bridgehead atoms. The second kappa shape index (κ2) is 6.41. The summed E-state index contributed by atoms with van der Waals surface area (Å²) in [7, 11) is 1.92. The first kappa shape index (κ1) is 15.1. The van der Waals surface area contributed by atoms with E-state index >= 15 is 0 Å². The Morgan fingerprint density at radius 2 is 2.10 bits per heavy atom. The number of hydrogen-bond donors (Lipinski definition) is 1. The van der Waals surface area contributed by atoms with Crippen LogP contribution >= 0.6 is 15.9 Å². The maximum Gasteiger partial charge on any atom is 0.131 e. The van der Waals surface area contributed by atoms with Gasteiger partial charge in [-0.25, -0.2) is 0 Å². The zero-order valence-corrected chi connectivity index (χ0v) is 13.7. The summed E-state index contributed by atoms with van der Waals surface area (Å²) < 4.78 is 8.81. The average Bonchev–Trinajstić information content (AvgIpc) is 2.64. The van der Waals surface area contributed by atoms with E-state index in [-0.39, 0.29) is 0 Å². The van der Waals surface area contributed by atoms with Crippen molar-refractivity contribution in [1.82, 2.24) is 9.78 Å². The number of ether oxygens (including phenoxy) is 1. The van der Waals surface area contributed by atoms with Crippen molar-refractivity contribution in [3.8, 4) is 5.75 Å². The van der Waals surface area contributed by atoms with Crippen molar-refractivity contribution in [2.24, 2.45) is 12.8 Å². The van der Waals surface area contributed by atoms with Gasteiger partial charge in [0.05, 0.1) is 15.9 Å². The third-order valence-electron chi connectivity index (χ3n) is 3.26. The van der Waals surface area contributed by atoms with Gasteiger partial charge in [0.1, 0.15) is 12.4 Å². The van der Waals surface area contributed by atoms with Crippen LogP contribution in [-0.4, -0.2) is 16.3 Å². The van der Waals surface area contributed by atoms with Gasteiger partial charge in [-0.1, -0.05) is 17.7 Å². The highest BCUT2D eigenvalue weighted by atomic mass is 79.9. The molecule has 108 valence electrons. The quantitative estimate of drug-likeness (QED) is 0.912. The molecule has 0 unspecified atom stereocenters. The molecule has 0 saturated carbocycles. The SMILES string of the molecule is Cc1ccc(OCc2c(Br)c(C)nn2C)c(CCN)c1. The fraction of sp³-hybridized carbons (Fsp3) is 0.400. The van der Waals surface area contributed by atoms with Gasteiger partial charge < -0.3 is 10.5 Å². The van der Waals surface area contributed by atoms with Crippen LogP contribution in [0.5, 0.6) is 5.75 Å². The molecule has 2 rings (SSSR count). The molecular weight excluding hydrogens is 318 g/mol. The maximum absolute atomic E-state index is 5.96. The molecule has 0 aliphatic rings. The zero-order chi connectivity index (χ0) is 14.7. The highest BCUT2D eigenvalue weighted by molar-refractivity contribution is 9.10. The van der Waals surface area contributed by atoms with E-state index in [4.69, 9.17) is 10.5 Å². The van der Waals surface area contributed by atoms with E-state index in [1.807, 2.05) is 24.7 Å². The molecular formula is C15H20BrN3O. The van der Waals surface area contributed by atoms with Crippen LogP contribution in [0.1, 0.15) is 22.5 Å². The van der Waals surface area contributed by atoms with Crippen LogP contribution in [0.25, 0.3) is 0 Å². The molecule has 0 fully saturated rings. The van der Waals surface area contributed by atoms with Crippen LogP contribution in [0.2, 0.25) is 0 Å². The van der Waals surface area contributed by atoms with Gasteiger partial charge in [-0.05, 0) is 54.4 Å². The molecule has 2 aromatic rings. The van der Waals surface area contributed by atoms with E-state index in [0.717, 1.165) is 33.6 Å². The standard InChI is InChI=1S/C15H20BrN3O/c1-10-4-5-14(12(8-10)6-7-17)20-9-13-15(16)11(2)18-19(13)3/h4-5,8H,6-7,9,17H2,1-3H3. The number of aryl methyl sites for hydroxylation is 3. The normalized spacial score (nSPS) is 10.8. The van der Waals surface area contributed by atoms with Gasteiger partial charge >= 0.3 is 0 Å². The van der Waals surface area contributed by atoms with Gasteiger partial charge in [0.15, 0.2) is 0 Å². The van der Waals surface area contributed by atoms with Gasteiger partial charge in [-0.15, -0.1) is 0 Å². The topological polar surface area (TPSA) is 53.1 Å². The monoisotopic (exact) mass is 337 g/mol. The average molecular weight is 338 g/mol. The minimum absolute atomic E-state index is 0.485. The molecule has 0 aliphatic carbocycles. The van der Waals surface area contributed by atoms with E-state index in [0.29, 0.717) is 13.2 Å². The van der Waals surface area contributed by atoms with E-state index in [1.54, 1.807) is 0 Å². The summed E-state index contributed by atoms with van der Waals surface area (Å²) >= 11 is 3.55. The number of halogens is 1. The Balaban J connectivity index is 2.18. The van der Waals surface area contributed by atoms with Crippen LogP contribution < -0.4 is 10.5 Å². The highest BCUT2D eigenvalue weighted by Gasteiger charge is 2.12. The van der Waals surface area contributed by atoms with Crippen molar-refractivity contribution in [3.05, 3.63) is 45.2 Å². The van der Waals surface area contributed by atoms with E-state index in [2.05, 4.69) is 40.1 Å². The smallest absolute Gasteiger partial charge is 0.131 e. The van der Waals surface area contributed by atoms with Crippen molar-refractivity contribution >= 4 is 15.9 Å². The molecule has 1 aromatic carbocycles. The molecule has 0 saturated heterocycles. The maximum atomic E-state index is 5.96. The van der Waals surface area contributed by atoms with Gasteiger partial charge in [0.25, 0.3) is 0 Å². The summed E-state index contributed by atoms with van der Waals surface area (Å²) in [4.78, 5) is 0. The summed E-state index contributed by atoms with van der Waals surface area (Å²) in [5.41, 5.74) is 10.0. The molecule has 0 aliphatic heterocycles. The predicted octanol–water partition coefficient (Wildman–Crippen LogP) is 2.88. The number of rotatable bonds is 5. The molecule has 20 heavy (non-hydrogen) atoms. The summed E-state index contributed by atoms with van der Waals surface area (Å²) in [6, 6.07) is 6.20. The van der Waals surface area contributed by atoms with E-state index in [9.17, 15) is 0 Å². The van der Waals surface area contributed by atoms with Crippen LogP contribution in [0.15, 0.2) is 22.7 Å². The Hall–Kier alpha value is -1.33. The van der Waals surface area contributed by atoms with Gasteiger partial charge in [-0.3, -0.25) is 4.68 Å². The fourth-order valence-electron chi connectivity index (χ4n) is 2.18. The van der Waals surface area contributed by atoms with Crippen molar-refractivity contribution in [2.75, 3.05) is 6.54 Å². The Labute approximate surface area is 128 Å². The minimum atomic E-state index is 0.485. The van der Waals surface area contributed by atoms with Crippen LogP contribution in [0.4, 0.5) is 0 Å². The lowest BCUT2D eigenvalue weighted by atomic mass is 10.1. The summed E-state index contributed by atoms with van der Waals surface area (Å²) in [6.45, 7) is 5.15. The molecule has 1 aromatic heterocycles. The number of nitrogens with zero attached hydrogens (tertiary/aromatic N) is 2. The van der Waals surface area contributed by atoms with Crippen LogP contribution in [-0.2, 0) is 20.1 Å². The van der Waals surface area contributed by atoms with E-state index < -0.39 is 0 Å². The Morgan fingerprint density at radius 1 is 1.35 bits per heavy atom. The lowest BCUT2D eigenvalue weighted by molar-refractivity contribution is 0.291. The van der Waals surface area contributed by atoms with Crippen LogP contribution in [0, 0.1) is 13.8 Å². The third-order valence-corrected chi connectivity index (χ3v) is 4.29. The summed E-state index contributed by atoms with van der Waals surface area (Å²) in [5, 5.41) is 4.37. The van der Waals surface area contributed by atoms with Gasteiger partial charge in [0.2, 0.25) is 0 Å². The minimum Gasteiger partial charge on any atom is -0.487 e. The number of aromatic nitrogens is 2. The highest BCUT2D eigenvalue weighted by Crippen LogP contribution is 2.25. The zero-order valence-electron chi connectivity index (χ0n) is 12.1. The first-order valence-corrected chi connectivity index (χ1v) is 7.42. The Morgan fingerprint density at radius 3 is 2.70 bits per heavy atom.